The minimum atomic E-state index is 0.131. The summed E-state index contributed by atoms with van der Waals surface area (Å²) in [5, 5.41) is 2.08. The first-order chi connectivity index (χ1) is 11.3. The van der Waals surface area contributed by atoms with Crippen LogP contribution in [0.25, 0.3) is 0 Å². The summed E-state index contributed by atoms with van der Waals surface area (Å²) in [5.74, 6) is 1.69. The summed E-state index contributed by atoms with van der Waals surface area (Å²) in [7, 11) is 1.70. The van der Waals surface area contributed by atoms with E-state index in [2.05, 4.69) is 28.5 Å². The van der Waals surface area contributed by atoms with Gasteiger partial charge in [-0.25, -0.2) is 0 Å². The quantitative estimate of drug-likeness (QED) is 0.801. The minimum Gasteiger partial charge on any atom is -0.496 e. The van der Waals surface area contributed by atoms with E-state index in [4.69, 9.17) is 4.74 Å². The van der Waals surface area contributed by atoms with Crippen molar-refractivity contribution >= 4 is 17.2 Å². The number of carbonyl (C=O) groups is 1. The first kappa shape index (κ1) is 14.8. The third-order valence-electron chi connectivity index (χ3n) is 4.82. The lowest BCUT2D eigenvalue weighted by atomic mass is 10.1. The molecular formula is C19H21NO2S. The van der Waals surface area contributed by atoms with Gasteiger partial charge in [0, 0.05) is 16.8 Å². The number of hydrogen-bond donors (Lipinski definition) is 0. The van der Waals surface area contributed by atoms with E-state index >= 15 is 0 Å². The zero-order valence-electron chi connectivity index (χ0n) is 13.3. The molecule has 120 valence electrons. The SMILES string of the molecule is COc1ccccc1C1CC1C(=O)N(Cc1cccs1)C1CC1. The molecule has 2 saturated carbocycles. The highest BCUT2D eigenvalue weighted by Gasteiger charge is 2.49. The third kappa shape index (κ3) is 3.00. The standard InChI is InChI=1S/C19H21NO2S/c1-22-18-7-3-2-6-15(18)16-11-17(16)19(21)20(13-8-9-13)12-14-5-4-10-23-14/h2-7,10,13,16-17H,8-9,11-12H2,1H3. The number of amides is 1. The molecule has 23 heavy (non-hydrogen) atoms. The number of carbonyl (C=O) groups excluding carboxylic acids is 1. The monoisotopic (exact) mass is 327 g/mol. The molecule has 2 aromatic rings. The Morgan fingerprint density at radius 3 is 2.78 bits per heavy atom. The number of rotatable bonds is 6. The first-order valence-electron chi connectivity index (χ1n) is 8.23. The smallest absolute Gasteiger partial charge is 0.226 e. The average molecular weight is 327 g/mol. The second kappa shape index (κ2) is 6.00. The first-order valence-corrected chi connectivity index (χ1v) is 9.11. The van der Waals surface area contributed by atoms with E-state index in [-0.39, 0.29) is 5.92 Å². The van der Waals surface area contributed by atoms with Gasteiger partial charge in [0.25, 0.3) is 0 Å². The molecule has 2 fully saturated rings. The van der Waals surface area contributed by atoms with Gasteiger partial charge in [-0.15, -0.1) is 11.3 Å². The number of methoxy groups -OCH3 is 1. The van der Waals surface area contributed by atoms with E-state index in [0.717, 1.165) is 31.6 Å². The van der Waals surface area contributed by atoms with Crippen molar-refractivity contribution in [3.63, 3.8) is 0 Å². The Bertz CT molecular complexity index is 693. The maximum atomic E-state index is 13.0. The molecule has 2 unspecified atom stereocenters. The molecule has 0 radical (unpaired) electrons. The van der Waals surface area contributed by atoms with Gasteiger partial charge < -0.3 is 9.64 Å². The number of thiophene rings is 1. The van der Waals surface area contributed by atoms with Crippen molar-refractivity contribution in [1.82, 2.24) is 4.90 Å². The predicted octanol–water partition coefficient (Wildman–Crippen LogP) is 4.05. The molecule has 1 amide bonds. The van der Waals surface area contributed by atoms with Crippen LogP contribution in [0.2, 0.25) is 0 Å². The topological polar surface area (TPSA) is 29.5 Å². The Balaban J connectivity index is 1.48. The number of benzene rings is 1. The number of ether oxygens (including phenoxy) is 1. The summed E-state index contributed by atoms with van der Waals surface area (Å²) in [6, 6.07) is 12.7. The molecule has 2 aliphatic rings. The van der Waals surface area contributed by atoms with Gasteiger partial charge in [-0.1, -0.05) is 24.3 Å². The minimum absolute atomic E-state index is 0.131. The van der Waals surface area contributed by atoms with Gasteiger partial charge in [-0.2, -0.15) is 0 Å². The molecule has 0 aliphatic heterocycles. The molecule has 0 bridgehead atoms. The van der Waals surface area contributed by atoms with Gasteiger partial charge >= 0.3 is 0 Å². The van der Waals surface area contributed by atoms with E-state index in [0.29, 0.717) is 17.9 Å². The maximum Gasteiger partial charge on any atom is 0.226 e. The molecular weight excluding hydrogens is 306 g/mol. The highest BCUT2D eigenvalue weighted by atomic mass is 32.1. The Kier molecular flexibility index (Phi) is 3.85. The summed E-state index contributed by atoms with van der Waals surface area (Å²) in [5.41, 5.74) is 1.18. The van der Waals surface area contributed by atoms with E-state index in [1.54, 1.807) is 18.4 Å². The Hall–Kier alpha value is -1.81. The molecule has 0 N–H and O–H groups in total. The zero-order chi connectivity index (χ0) is 15.8. The fourth-order valence-corrected chi connectivity index (χ4v) is 4.04. The van der Waals surface area contributed by atoms with Crippen LogP contribution in [-0.4, -0.2) is 24.0 Å². The van der Waals surface area contributed by atoms with Crippen molar-refractivity contribution < 1.29 is 9.53 Å². The van der Waals surface area contributed by atoms with Crippen LogP contribution in [0.4, 0.5) is 0 Å². The summed E-state index contributed by atoms with van der Waals surface area (Å²) in [6.45, 7) is 0.774. The van der Waals surface area contributed by atoms with Crippen molar-refractivity contribution in [3.05, 3.63) is 52.2 Å². The van der Waals surface area contributed by atoms with Gasteiger partial charge in [-0.05, 0) is 48.3 Å². The zero-order valence-corrected chi connectivity index (χ0v) is 14.1. The highest BCUT2D eigenvalue weighted by molar-refractivity contribution is 7.09. The summed E-state index contributed by atoms with van der Waals surface area (Å²) >= 11 is 1.74. The van der Waals surface area contributed by atoms with Crippen LogP contribution in [0.15, 0.2) is 41.8 Å². The van der Waals surface area contributed by atoms with Crippen LogP contribution >= 0.6 is 11.3 Å². The van der Waals surface area contributed by atoms with E-state index < -0.39 is 0 Å². The second-order valence-corrected chi connectivity index (χ2v) is 7.50. The van der Waals surface area contributed by atoms with E-state index in [1.165, 1.54) is 10.4 Å². The lowest BCUT2D eigenvalue weighted by molar-refractivity contribution is -0.133. The molecule has 4 rings (SSSR count). The molecule has 2 aliphatic carbocycles. The van der Waals surface area contributed by atoms with Crippen LogP contribution in [0.1, 0.15) is 35.6 Å². The lowest BCUT2D eigenvalue weighted by Crippen LogP contribution is -2.33. The fraction of sp³-hybridized carbons (Fsp3) is 0.421. The van der Waals surface area contributed by atoms with E-state index in [9.17, 15) is 4.79 Å². The van der Waals surface area contributed by atoms with Crippen LogP contribution < -0.4 is 4.74 Å². The average Bonchev–Trinajstić information content (AvgIpc) is 3.50. The summed E-state index contributed by atoms with van der Waals surface area (Å²) in [6.07, 6.45) is 3.26. The summed E-state index contributed by atoms with van der Waals surface area (Å²) in [4.78, 5) is 16.4. The van der Waals surface area contributed by atoms with Gasteiger partial charge in [0.2, 0.25) is 5.91 Å². The van der Waals surface area contributed by atoms with Crippen LogP contribution in [-0.2, 0) is 11.3 Å². The van der Waals surface area contributed by atoms with Gasteiger partial charge in [0.15, 0.2) is 0 Å². The maximum absolute atomic E-state index is 13.0. The normalized spacial score (nSPS) is 22.7. The molecule has 1 heterocycles. The van der Waals surface area contributed by atoms with Gasteiger partial charge in [-0.3, -0.25) is 4.79 Å². The molecule has 3 nitrogen and oxygen atoms in total. The number of nitrogens with zero attached hydrogens (tertiary/aromatic N) is 1. The highest BCUT2D eigenvalue weighted by Crippen LogP contribution is 2.52. The number of para-hydroxylation sites is 1. The summed E-state index contributed by atoms with van der Waals surface area (Å²) < 4.78 is 5.46. The van der Waals surface area contributed by atoms with Crippen LogP contribution in [0.3, 0.4) is 0 Å². The second-order valence-electron chi connectivity index (χ2n) is 6.47. The molecule has 0 saturated heterocycles. The van der Waals surface area contributed by atoms with E-state index in [1.807, 2.05) is 18.2 Å². The lowest BCUT2D eigenvalue weighted by Gasteiger charge is -2.22. The molecule has 2 atom stereocenters. The van der Waals surface area contributed by atoms with Crippen LogP contribution in [0, 0.1) is 5.92 Å². The molecule has 1 aromatic heterocycles. The Morgan fingerprint density at radius 2 is 2.09 bits per heavy atom. The third-order valence-corrected chi connectivity index (χ3v) is 5.68. The Morgan fingerprint density at radius 1 is 1.26 bits per heavy atom. The largest absolute Gasteiger partial charge is 0.496 e. The Labute approximate surface area is 140 Å². The fourth-order valence-electron chi connectivity index (χ4n) is 3.34. The molecule has 1 aromatic carbocycles. The predicted molar refractivity (Wildman–Crippen MR) is 91.7 cm³/mol. The van der Waals surface area contributed by atoms with Crippen molar-refractivity contribution in [2.24, 2.45) is 5.92 Å². The molecule has 4 heteroatoms. The number of hydrogen-bond acceptors (Lipinski definition) is 3. The van der Waals surface area contributed by atoms with Crippen molar-refractivity contribution in [2.45, 2.75) is 37.8 Å². The van der Waals surface area contributed by atoms with Crippen molar-refractivity contribution in [3.8, 4) is 5.75 Å². The van der Waals surface area contributed by atoms with Crippen molar-refractivity contribution in [1.29, 1.82) is 0 Å². The van der Waals surface area contributed by atoms with Gasteiger partial charge in [0.1, 0.15) is 5.75 Å². The molecule has 0 spiro atoms. The van der Waals surface area contributed by atoms with Crippen LogP contribution in [0.5, 0.6) is 5.75 Å². The van der Waals surface area contributed by atoms with Gasteiger partial charge in [0.05, 0.1) is 13.7 Å². The van der Waals surface area contributed by atoms with Crippen molar-refractivity contribution in [2.75, 3.05) is 7.11 Å².